The monoisotopic (exact) mass is 255 g/mol. The van der Waals surface area contributed by atoms with Crippen LogP contribution in [-0.4, -0.2) is 67.2 Å². The van der Waals surface area contributed by atoms with E-state index in [-0.39, 0.29) is 5.91 Å². The van der Waals surface area contributed by atoms with Crippen molar-refractivity contribution < 1.29 is 14.3 Å². The number of piperidine rings is 1. The van der Waals surface area contributed by atoms with Gasteiger partial charge in [-0.3, -0.25) is 9.69 Å². The lowest BCUT2D eigenvalue weighted by Crippen LogP contribution is -2.50. The summed E-state index contributed by atoms with van der Waals surface area (Å²) in [5.74, 6) is -0.148. The Morgan fingerprint density at radius 2 is 2.44 bits per heavy atom. The van der Waals surface area contributed by atoms with E-state index >= 15 is 0 Å². The Hall–Kier alpha value is -1.14. The van der Waals surface area contributed by atoms with Gasteiger partial charge in [-0.1, -0.05) is 6.92 Å². The highest BCUT2D eigenvalue weighted by Gasteiger charge is 2.30. The van der Waals surface area contributed by atoms with Crippen LogP contribution in [0.3, 0.4) is 0 Å². The standard InChI is InChI=1S/C12H21N3O3/c1-2-14(10-4-3-5-13-8-10)9-11(16)15-6-7-18-12(15)17/h10,13H,2-9H2,1H3. The number of carbonyl (C=O) groups excluding carboxylic acids is 2. The Kier molecular flexibility index (Phi) is 4.54. The van der Waals surface area contributed by atoms with E-state index in [2.05, 4.69) is 10.2 Å². The number of nitrogens with one attached hydrogen (secondary N) is 1. The summed E-state index contributed by atoms with van der Waals surface area (Å²) in [6, 6.07) is 0.395. The fourth-order valence-corrected chi connectivity index (χ4v) is 2.52. The van der Waals surface area contributed by atoms with Crippen LogP contribution >= 0.6 is 0 Å². The molecule has 18 heavy (non-hydrogen) atoms. The van der Waals surface area contributed by atoms with Crippen molar-refractivity contribution in [1.29, 1.82) is 0 Å². The minimum Gasteiger partial charge on any atom is -0.447 e. The van der Waals surface area contributed by atoms with Crippen molar-refractivity contribution >= 4 is 12.0 Å². The lowest BCUT2D eigenvalue weighted by molar-refractivity contribution is -0.129. The van der Waals surface area contributed by atoms with E-state index in [0.717, 1.165) is 32.5 Å². The molecule has 0 radical (unpaired) electrons. The molecule has 2 fully saturated rings. The van der Waals surface area contributed by atoms with Gasteiger partial charge in [0.25, 0.3) is 0 Å². The van der Waals surface area contributed by atoms with Crippen LogP contribution in [0.5, 0.6) is 0 Å². The van der Waals surface area contributed by atoms with E-state index < -0.39 is 6.09 Å². The number of carbonyl (C=O) groups is 2. The zero-order valence-electron chi connectivity index (χ0n) is 10.9. The molecule has 0 spiro atoms. The molecule has 2 amide bonds. The summed E-state index contributed by atoms with van der Waals surface area (Å²) in [6.07, 6.45) is 1.75. The lowest BCUT2D eigenvalue weighted by atomic mass is 10.1. The first-order valence-electron chi connectivity index (χ1n) is 6.64. The topological polar surface area (TPSA) is 61.9 Å². The fraction of sp³-hybridized carbons (Fsp3) is 0.833. The van der Waals surface area contributed by atoms with Crippen LogP contribution in [0, 0.1) is 0 Å². The Morgan fingerprint density at radius 1 is 1.61 bits per heavy atom. The van der Waals surface area contributed by atoms with Gasteiger partial charge in [0.15, 0.2) is 0 Å². The largest absolute Gasteiger partial charge is 0.447 e. The summed E-state index contributed by atoms with van der Waals surface area (Å²) in [7, 11) is 0. The van der Waals surface area contributed by atoms with Crippen molar-refractivity contribution in [3.8, 4) is 0 Å². The molecule has 2 aliphatic heterocycles. The molecule has 0 saturated carbocycles. The Balaban J connectivity index is 1.88. The number of imide groups is 1. The molecule has 1 atom stereocenters. The quantitative estimate of drug-likeness (QED) is 0.768. The van der Waals surface area contributed by atoms with Crippen LogP contribution in [0.2, 0.25) is 0 Å². The number of nitrogens with zero attached hydrogens (tertiary/aromatic N) is 2. The van der Waals surface area contributed by atoms with E-state index in [1.807, 2.05) is 6.92 Å². The predicted molar refractivity (Wildman–Crippen MR) is 66.2 cm³/mol. The molecule has 0 aromatic carbocycles. The average molecular weight is 255 g/mol. The first-order chi connectivity index (χ1) is 8.72. The molecule has 0 bridgehead atoms. The van der Waals surface area contributed by atoms with Gasteiger partial charge < -0.3 is 10.1 Å². The maximum absolute atomic E-state index is 12.0. The van der Waals surface area contributed by atoms with Gasteiger partial charge in [0.05, 0.1) is 13.1 Å². The maximum atomic E-state index is 12.0. The summed E-state index contributed by atoms with van der Waals surface area (Å²) in [5, 5.41) is 3.34. The number of cyclic esters (lactones) is 1. The summed E-state index contributed by atoms with van der Waals surface area (Å²) >= 11 is 0. The van der Waals surface area contributed by atoms with Crippen molar-refractivity contribution in [3.05, 3.63) is 0 Å². The molecule has 2 saturated heterocycles. The molecular weight excluding hydrogens is 234 g/mol. The van der Waals surface area contributed by atoms with E-state index in [1.165, 1.54) is 4.90 Å². The highest BCUT2D eigenvalue weighted by Crippen LogP contribution is 2.11. The van der Waals surface area contributed by atoms with Crippen molar-refractivity contribution in [2.45, 2.75) is 25.8 Å². The zero-order chi connectivity index (χ0) is 13.0. The third-order valence-electron chi connectivity index (χ3n) is 3.59. The molecule has 2 aliphatic rings. The first kappa shape index (κ1) is 13.3. The third kappa shape index (κ3) is 3.00. The van der Waals surface area contributed by atoms with Crippen molar-refractivity contribution in [1.82, 2.24) is 15.1 Å². The number of hydrogen-bond donors (Lipinski definition) is 1. The number of amides is 2. The van der Waals surface area contributed by atoms with Crippen LogP contribution in [-0.2, 0) is 9.53 Å². The van der Waals surface area contributed by atoms with Gasteiger partial charge in [-0.05, 0) is 25.9 Å². The zero-order valence-corrected chi connectivity index (χ0v) is 10.9. The summed E-state index contributed by atoms with van der Waals surface area (Å²) < 4.78 is 4.78. The first-order valence-corrected chi connectivity index (χ1v) is 6.64. The normalized spacial score (nSPS) is 24.4. The fourth-order valence-electron chi connectivity index (χ4n) is 2.52. The summed E-state index contributed by atoms with van der Waals surface area (Å²) in [5.41, 5.74) is 0. The van der Waals surface area contributed by atoms with Gasteiger partial charge in [0, 0.05) is 12.6 Å². The van der Waals surface area contributed by atoms with Gasteiger partial charge in [0.1, 0.15) is 6.61 Å². The molecule has 1 unspecified atom stereocenters. The summed E-state index contributed by atoms with van der Waals surface area (Å²) in [6.45, 7) is 5.86. The van der Waals surface area contributed by atoms with Crippen LogP contribution in [0.25, 0.3) is 0 Å². The van der Waals surface area contributed by atoms with Crippen LogP contribution in [0.1, 0.15) is 19.8 Å². The van der Waals surface area contributed by atoms with E-state index in [1.54, 1.807) is 0 Å². The second kappa shape index (κ2) is 6.15. The van der Waals surface area contributed by atoms with Gasteiger partial charge in [-0.15, -0.1) is 0 Å². The Labute approximate surface area is 107 Å². The second-order valence-corrected chi connectivity index (χ2v) is 4.72. The molecule has 6 nitrogen and oxygen atoms in total. The van der Waals surface area contributed by atoms with Crippen molar-refractivity contribution in [2.24, 2.45) is 0 Å². The van der Waals surface area contributed by atoms with Gasteiger partial charge in [0.2, 0.25) is 5.91 Å². The van der Waals surface area contributed by atoms with Gasteiger partial charge in [-0.25, -0.2) is 9.69 Å². The van der Waals surface area contributed by atoms with E-state index in [9.17, 15) is 9.59 Å². The molecule has 102 valence electrons. The molecule has 6 heteroatoms. The Bertz CT molecular complexity index is 316. The number of ether oxygens (including phenoxy) is 1. The molecule has 0 aromatic heterocycles. The van der Waals surface area contributed by atoms with Crippen molar-refractivity contribution in [2.75, 3.05) is 39.3 Å². The molecule has 0 aliphatic carbocycles. The number of rotatable bonds is 4. The number of hydrogen-bond acceptors (Lipinski definition) is 5. The highest BCUT2D eigenvalue weighted by molar-refractivity contribution is 5.94. The van der Waals surface area contributed by atoms with Gasteiger partial charge >= 0.3 is 6.09 Å². The second-order valence-electron chi connectivity index (χ2n) is 4.72. The number of likely N-dealkylation sites (N-methyl/N-ethyl adjacent to an activating group) is 1. The lowest BCUT2D eigenvalue weighted by Gasteiger charge is -2.33. The average Bonchev–Trinajstić information content (AvgIpc) is 2.83. The predicted octanol–water partition coefficient (Wildman–Crippen LogP) is 0.0391. The SMILES string of the molecule is CCN(CC(=O)N1CCOC1=O)C1CCCNC1. The molecule has 0 aromatic rings. The Morgan fingerprint density at radius 3 is 3.00 bits per heavy atom. The minimum absolute atomic E-state index is 0.148. The maximum Gasteiger partial charge on any atom is 0.416 e. The minimum atomic E-state index is -0.502. The molecule has 2 rings (SSSR count). The van der Waals surface area contributed by atoms with E-state index in [0.29, 0.717) is 25.7 Å². The van der Waals surface area contributed by atoms with Gasteiger partial charge in [-0.2, -0.15) is 0 Å². The molecule has 1 N–H and O–H groups in total. The van der Waals surface area contributed by atoms with Crippen LogP contribution in [0.15, 0.2) is 0 Å². The van der Waals surface area contributed by atoms with Crippen LogP contribution in [0.4, 0.5) is 4.79 Å². The third-order valence-corrected chi connectivity index (χ3v) is 3.59. The van der Waals surface area contributed by atoms with E-state index in [4.69, 9.17) is 4.74 Å². The van der Waals surface area contributed by atoms with Crippen LogP contribution < -0.4 is 5.32 Å². The smallest absolute Gasteiger partial charge is 0.416 e. The summed E-state index contributed by atoms with van der Waals surface area (Å²) in [4.78, 5) is 26.7. The van der Waals surface area contributed by atoms with Crippen molar-refractivity contribution in [3.63, 3.8) is 0 Å². The molecule has 2 heterocycles. The highest BCUT2D eigenvalue weighted by atomic mass is 16.6. The molecular formula is C12H21N3O3.